The standard InChI is InChI=1S/C16H18Br4O/c17-10-7-11(18)15(12(19)8-10)21-14-9-13(20)16(14)5-3-1-2-4-6-16/h7-8,13-14H,1-6,9H2. The van der Waals surface area contributed by atoms with Gasteiger partial charge in [-0.2, -0.15) is 0 Å². The third kappa shape index (κ3) is 3.27. The fourth-order valence-electron chi connectivity index (χ4n) is 3.67. The van der Waals surface area contributed by atoms with Gasteiger partial charge in [0.05, 0.1) is 8.95 Å². The van der Waals surface area contributed by atoms with Crippen molar-refractivity contribution in [3.8, 4) is 5.75 Å². The SMILES string of the molecule is Brc1cc(Br)c(OC2CC(Br)C23CCCCCC3)c(Br)c1. The molecule has 0 amide bonds. The maximum atomic E-state index is 6.44. The zero-order valence-corrected chi connectivity index (χ0v) is 18.0. The molecular formula is C16H18Br4O. The van der Waals surface area contributed by atoms with E-state index in [0.29, 0.717) is 16.3 Å². The Hall–Kier alpha value is 0.940. The van der Waals surface area contributed by atoms with E-state index in [1.165, 1.54) is 38.5 Å². The van der Waals surface area contributed by atoms with Crippen LogP contribution in [0.3, 0.4) is 0 Å². The number of ether oxygens (including phenoxy) is 1. The molecule has 2 aliphatic rings. The van der Waals surface area contributed by atoms with Crippen molar-refractivity contribution in [3.05, 3.63) is 25.6 Å². The molecule has 0 saturated heterocycles. The van der Waals surface area contributed by atoms with Crippen LogP contribution in [0.15, 0.2) is 25.6 Å². The van der Waals surface area contributed by atoms with Gasteiger partial charge in [0.2, 0.25) is 0 Å². The molecule has 2 aliphatic carbocycles. The molecule has 0 radical (unpaired) electrons. The number of rotatable bonds is 2. The number of benzene rings is 1. The summed E-state index contributed by atoms with van der Waals surface area (Å²) in [5.41, 5.74) is 0.336. The molecule has 2 fully saturated rings. The fraction of sp³-hybridized carbons (Fsp3) is 0.625. The molecule has 1 spiro atoms. The molecule has 1 aromatic carbocycles. The predicted octanol–water partition coefficient (Wildman–Crippen LogP) is 7.23. The van der Waals surface area contributed by atoms with Gasteiger partial charge in [0, 0.05) is 14.7 Å². The van der Waals surface area contributed by atoms with E-state index < -0.39 is 0 Å². The Morgan fingerprint density at radius 1 is 0.952 bits per heavy atom. The topological polar surface area (TPSA) is 9.23 Å². The summed E-state index contributed by atoms with van der Waals surface area (Å²) in [7, 11) is 0. The minimum absolute atomic E-state index is 0.328. The van der Waals surface area contributed by atoms with Crippen LogP contribution in [0.5, 0.6) is 5.75 Å². The van der Waals surface area contributed by atoms with E-state index in [1.807, 2.05) is 12.1 Å². The van der Waals surface area contributed by atoms with Crippen LogP contribution in [0, 0.1) is 5.41 Å². The number of hydrogen-bond donors (Lipinski definition) is 0. The quantitative estimate of drug-likeness (QED) is 0.356. The van der Waals surface area contributed by atoms with E-state index in [9.17, 15) is 0 Å². The first-order valence-corrected chi connectivity index (χ1v) is 10.8. The zero-order chi connectivity index (χ0) is 15.0. The van der Waals surface area contributed by atoms with Gasteiger partial charge in [0.25, 0.3) is 0 Å². The molecule has 1 nitrogen and oxygen atoms in total. The lowest BCUT2D eigenvalue weighted by molar-refractivity contribution is -0.0469. The zero-order valence-electron chi connectivity index (χ0n) is 11.7. The van der Waals surface area contributed by atoms with Gasteiger partial charge in [-0.15, -0.1) is 0 Å². The molecule has 21 heavy (non-hydrogen) atoms. The van der Waals surface area contributed by atoms with E-state index in [-0.39, 0.29) is 0 Å². The van der Waals surface area contributed by atoms with E-state index in [2.05, 4.69) is 63.7 Å². The van der Waals surface area contributed by atoms with Crippen LogP contribution in [0.2, 0.25) is 0 Å². The summed E-state index contributed by atoms with van der Waals surface area (Å²) in [5.74, 6) is 0.936. The largest absolute Gasteiger partial charge is 0.487 e. The Morgan fingerprint density at radius 3 is 2.05 bits per heavy atom. The summed E-state index contributed by atoms with van der Waals surface area (Å²) < 4.78 is 9.50. The predicted molar refractivity (Wildman–Crippen MR) is 101 cm³/mol. The van der Waals surface area contributed by atoms with Crippen LogP contribution in [-0.2, 0) is 0 Å². The maximum Gasteiger partial charge on any atom is 0.148 e. The minimum atomic E-state index is 0.328. The van der Waals surface area contributed by atoms with E-state index in [4.69, 9.17) is 4.74 Å². The van der Waals surface area contributed by atoms with Crippen molar-refractivity contribution >= 4 is 63.7 Å². The fourth-order valence-corrected chi connectivity index (χ4v) is 7.21. The van der Waals surface area contributed by atoms with Crippen molar-refractivity contribution in [1.29, 1.82) is 0 Å². The number of hydrogen-bond acceptors (Lipinski definition) is 1. The van der Waals surface area contributed by atoms with Crippen molar-refractivity contribution in [3.63, 3.8) is 0 Å². The van der Waals surface area contributed by atoms with Crippen molar-refractivity contribution < 1.29 is 4.74 Å². The number of alkyl halides is 1. The van der Waals surface area contributed by atoms with Crippen LogP contribution >= 0.6 is 63.7 Å². The van der Waals surface area contributed by atoms with E-state index in [1.54, 1.807) is 0 Å². The molecule has 0 aliphatic heterocycles. The van der Waals surface area contributed by atoms with Gasteiger partial charge in [-0.3, -0.25) is 0 Å². The van der Waals surface area contributed by atoms with Gasteiger partial charge in [-0.05, 0) is 63.3 Å². The number of halogens is 4. The summed E-state index contributed by atoms with van der Waals surface area (Å²) >= 11 is 14.7. The highest BCUT2D eigenvalue weighted by Gasteiger charge is 2.55. The van der Waals surface area contributed by atoms with Gasteiger partial charge in [0.1, 0.15) is 11.9 Å². The second-order valence-corrected chi connectivity index (χ2v) is 9.89. The molecule has 0 bridgehead atoms. The molecule has 3 rings (SSSR count). The summed E-state index contributed by atoms with van der Waals surface area (Å²) in [5, 5.41) is 0. The molecule has 116 valence electrons. The van der Waals surface area contributed by atoms with E-state index >= 15 is 0 Å². The lowest BCUT2D eigenvalue weighted by atomic mass is 9.61. The minimum Gasteiger partial charge on any atom is -0.487 e. The van der Waals surface area contributed by atoms with Crippen LogP contribution in [0.25, 0.3) is 0 Å². The average molecular weight is 546 g/mol. The van der Waals surface area contributed by atoms with E-state index in [0.717, 1.165) is 25.6 Å². The first-order valence-electron chi connectivity index (χ1n) is 7.48. The van der Waals surface area contributed by atoms with Crippen molar-refractivity contribution in [2.24, 2.45) is 5.41 Å². The smallest absolute Gasteiger partial charge is 0.148 e. The Bertz CT molecular complexity index is 500. The van der Waals surface area contributed by atoms with Crippen LogP contribution in [-0.4, -0.2) is 10.9 Å². The van der Waals surface area contributed by atoms with Gasteiger partial charge in [-0.1, -0.05) is 57.5 Å². The molecule has 2 atom stereocenters. The second-order valence-electron chi connectivity index (χ2n) is 6.16. The normalized spacial score (nSPS) is 28.0. The van der Waals surface area contributed by atoms with Crippen LogP contribution in [0.4, 0.5) is 0 Å². The summed E-state index contributed by atoms with van der Waals surface area (Å²) in [6.45, 7) is 0. The summed E-state index contributed by atoms with van der Waals surface area (Å²) in [6, 6.07) is 4.09. The van der Waals surface area contributed by atoms with Crippen LogP contribution < -0.4 is 4.74 Å². The highest BCUT2D eigenvalue weighted by Crippen LogP contribution is 2.56. The van der Waals surface area contributed by atoms with Crippen LogP contribution in [0.1, 0.15) is 44.9 Å². The average Bonchev–Trinajstić information content (AvgIpc) is 2.69. The molecule has 5 heteroatoms. The lowest BCUT2D eigenvalue weighted by Crippen LogP contribution is -2.56. The Kier molecular flexibility index (Phi) is 5.45. The lowest BCUT2D eigenvalue weighted by Gasteiger charge is -2.53. The monoisotopic (exact) mass is 542 g/mol. The summed E-state index contributed by atoms with van der Waals surface area (Å²) in [4.78, 5) is 0.612. The highest BCUT2D eigenvalue weighted by atomic mass is 79.9. The van der Waals surface area contributed by atoms with Gasteiger partial charge < -0.3 is 4.74 Å². The Balaban J connectivity index is 1.82. The first kappa shape index (κ1) is 16.8. The first-order chi connectivity index (χ1) is 10.0. The molecule has 0 aromatic heterocycles. The molecular weight excluding hydrogens is 528 g/mol. The third-order valence-electron chi connectivity index (χ3n) is 4.94. The second kappa shape index (κ2) is 6.82. The van der Waals surface area contributed by atoms with Crippen molar-refractivity contribution in [1.82, 2.24) is 0 Å². The highest BCUT2D eigenvalue weighted by molar-refractivity contribution is 9.11. The van der Waals surface area contributed by atoms with Gasteiger partial charge in [0.15, 0.2) is 0 Å². The molecule has 2 saturated carbocycles. The van der Waals surface area contributed by atoms with Crippen molar-refractivity contribution in [2.75, 3.05) is 0 Å². The molecule has 0 N–H and O–H groups in total. The summed E-state index contributed by atoms with van der Waals surface area (Å²) in [6.07, 6.45) is 9.44. The Morgan fingerprint density at radius 2 is 1.52 bits per heavy atom. The van der Waals surface area contributed by atoms with Crippen molar-refractivity contribution in [2.45, 2.75) is 55.9 Å². The van der Waals surface area contributed by atoms with Gasteiger partial charge in [-0.25, -0.2) is 0 Å². The molecule has 0 heterocycles. The Labute approximate surface area is 160 Å². The molecule has 1 aromatic rings. The molecule has 2 unspecified atom stereocenters. The maximum absolute atomic E-state index is 6.44. The third-order valence-corrected chi connectivity index (χ3v) is 7.87. The van der Waals surface area contributed by atoms with Gasteiger partial charge >= 0.3 is 0 Å².